The summed E-state index contributed by atoms with van der Waals surface area (Å²) in [7, 11) is 1.89. The van der Waals surface area contributed by atoms with E-state index in [0.717, 1.165) is 17.7 Å². The highest BCUT2D eigenvalue weighted by Crippen LogP contribution is 2.33. The van der Waals surface area contributed by atoms with Crippen LogP contribution in [0.4, 0.5) is 14.5 Å². The number of nitrogens with one attached hydrogen (secondary N) is 1. The van der Waals surface area contributed by atoms with Gasteiger partial charge >= 0.3 is 5.97 Å². The maximum absolute atomic E-state index is 14.8. The molecule has 1 N–H and O–H groups in total. The van der Waals surface area contributed by atoms with Crippen LogP contribution in [-0.4, -0.2) is 35.0 Å². The van der Waals surface area contributed by atoms with Crippen LogP contribution >= 0.6 is 0 Å². The lowest BCUT2D eigenvalue weighted by atomic mass is 10.0. The van der Waals surface area contributed by atoms with Gasteiger partial charge in [-0.2, -0.15) is 0 Å². The van der Waals surface area contributed by atoms with Crippen LogP contribution in [0.15, 0.2) is 95.9 Å². The fourth-order valence-electron chi connectivity index (χ4n) is 5.28. The molecule has 8 nitrogen and oxygen atoms in total. The van der Waals surface area contributed by atoms with E-state index in [-0.39, 0.29) is 42.1 Å². The number of carbonyl (C=O) groups is 2. The van der Waals surface area contributed by atoms with Gasteiger partial charge in [0.25, 0.3) is 0 Å². The third-order valence-electron chi connectivity index (χ3n) is 7.33. The van der Waals surface area contributed by atoms with Crippen molar-refractivity contribution in [3.63, 3.8) is 0 Å². The first-order valence-electron chi connectivity index (χ1n) is 14.7. The normalized spacial score (nSPS) is 11.1. The van der Waals surface area contributed by atoms with Gasteiger partial charge < -0.3 is 19.4 Å². The number of anilines is 1. The Morgan fingerprint density at radius 1 is 0.870 bits per heavy atom. The molecule has 236 valence electrons. The van der Waals surface area contributed by atoms with Crippen molar-refractivity contribution in [2.24, 2.45) is 0 Å². The molecular formula is C36H33F2N3O5. The smallest absolute Gasteiger partial charge is 0.343 e. The zero-order chi connectivity index (χ0) is 32.8. The SMILES string of the molecule is CCOC(=O)c1cn(Cc2c(F)cccc2F)c2ccc(Oc3ccc(NC(C)=O)cc3)c(CN(C)Cc3ccccc3)c2c1=O. The number of benzene rings is 4. The molecule has 0 atom stereocenters. The number of rotatable bonds is 11. The van der Waals surface area contributed by atoms with Crippen LogP contribution in [0.5, 0.6) is 11.5 Å². The Morgan fingerprint density at radius 3 is 2.22 bits per heavy atom. The zero-order valence-corrected chi connectivity index (χ0v) is 25.7. The lowest BCUT2D eigenvalue weighted by molar-refractivity contribution is -0.114. The number of ether oxygens (including phenoxy) is 2. The van der Waals surface area contributed by atoms with E-state index >= 15 is 0 Å². The van der Waals surface area contributed by atoms with Gasteiger partial charge in [-0.1, -0.05) is 36.4 Å². The first-order valence-corrected chi connectivity index (χ1v) is 14.7. The average Bonchev–Trinajstić information content (AvgIpc) is 3.02. The van der Waals surface area contributed by atoms with E-state index in [1.54, 1.807) is 43.3 Å². The van der Waals surface area contributed by atoms with Crippen molar-refractivity contribution in [2.45, 2.75) is 33.5 Å². The van der Waals surface area contributed by atoms with Crippen LogP contribution in [0.1, 0.15) is 40.9 Å². The maximum Gasteiger partial charge on any atom is 0.343 e. The van der Waals surface area contributed by atoms with Crippen molar-refractivity contribution < 1.29 is 27.8 Å². The second-order valence-electron chi connectivity index (χ2n) is 10.8. The maximum atomic E-state index is 14.8. The van der Waals surface area contributed by atoms with Gasteiger partial charge in [-0.3, -0.25) is 14.5 Å². The van der Waals surface area contributed by atoms with Gasteiger partial charge in [0.2, 0.25) is 11.3 Å². The molecule has 0 fully saturated rings. The summed E-state index contributed by atoms with van der Waals surface area (Å²) in [6.07, 6.45) is 1.29. The lowest BCUT2D eigenvalue weighted by Crippen LogP contribution is -2.24. The molecule has 1 aromatic heterocycles. The summed E-state index contributed by atoms with van der Waals surface area (Å²) >= 11 is 0. The Bertz CT molecular complexity index is 1920. The Hall–Kier alpha value is -5.35. The van der Waals surface area contributed by atoms with Crippen LogP contribution < -0.4 is 15.5 Å². The molecule has 0 bridgehead atoms. The Balaban J connectivity index is 1.69. The molecule has 0 aliphatic heterocycles. The molecule has 46 heavy (non-hydrogen) atoms. The summed E-state index contributed by atoms with van der Waals surface area (Å²) in [6.45, 7) is 3.54. The molecule has 0 radical (unpaired) electrons. The zero-order valence-electron chi connectivity index (χ0n) is 25.7. The van der Waals surface area contributed by atoms with E-state index in [0.29, 0.717) is 34.8 Å². The first kappa shape index (κ1) is 32.1. The molecule has 5 aromatic rings. The molecule has 4 aromatic carbocycles. The Kier molecular flexibility index (Phi) is 9.88. The molecule has 0 aliphatic carbocycles. The van der Waals surface area contributed by atoms with Gasteiger partial charge in [0.1, 0.15) is 28.7 Å². The third kappa shape index (κ3) is 7.30. The molecule has 0 spiro atoms. The van der Waals surface area contributed by atoms with E-state index in [4.69, 9.17) is 9.47 Å². The summed E-state index contributed by atoms with van der Waals surface area (Å²) in [6, 6.07) is 23.4. The predicted molar refractivity (Wildman–Crippen MR) is 172 cm³/mol. The van der Waals surface area contributed by atoms with E-state index in [1.807, 2.05) is 42.3 Å². The molecule has 0 aliphatic rings. The van der Waals surface area contributed by atoms with Gasteiger partial charge in [0.05, 0.1) is 24.1 Å². The highest BCUT2D eigenvalue weighted by atomic mass is 19.1. The topological polar surface area (TPSA) is 89.9 Å². The average molecular weight is 626 g/mol. The molecule has 1 heterocycles. The summed E-state index contributed by atoms with van der Waals surface area (Å²) < 4.78 is 42.6. The molecular weight excluding hydrogens is 592 g/mol. The Labute approximate surface area is 264 Å². The van der Waals surface area contributed by atoms with E-state index in [9.17, 15) is 23.2 Å². The second-order valence-corrected chi connectivity index (χ2v) is 10.8. The van der Waals surface area contributed by atoms with Crippen LogP contribution in [0.2, 0.25) is 0 Å². The van der Waals surface area contributed by atoms with E-state index in [1.165, 1.54) is 23.8 Å². The van der Waals surface area contributed by atoms with Crippen molar-refractivity contribution in [3.05, 3.63) is 135 Å². The first-order chi connectivity index (χ1) is 22.1. The van der Waals surface area contributed by atoms with Crippen LogP contribution in [-0.2, 0) is 29.2 Å². The van der Waals surface area contributed by atoms with Crippen molar-refractivity contribution in [1.82, 2.24) is 9.47 Å². The fourth-order valence-corrected chi connectivity index (χ4v) is 5.28. The highest BCUT2D eigenvalue weighted by molar-refractivity contribution is 5.95. The standard InChI is InChI=1S/C36H33F2N3O5/c1-4-45-36(44)29-22-41(21-27-30(37)11-8-12-31(27)38)32-17-18-33(46-26-15-13-25(14-16-26)39-23(2)42)28(34(32)35(29)43)20-40(3)19-24-9-6-5-7-10-24/h5-18,22H,4,19-21H2,1-3H3,(H,39,42). The number of halogens is 2. The molecule has 5 rings (SSSR count). The predicted octanol–water partition coefficient (Wildman–Crippen LogP) is 6.89. The highest BCUT2D eigenvalue weighted by Gasteiger charge is 2.23. The minimum Gasteiger partial charge on any atom is -0.462 e. The molecule has 0 saturated heterocycles. The van der Waals surface area contributed by atoms with E-state index in [2.05, 4.69) is 5.32 Å². The minimum absolute atomic E-state index is 0.0303. The number of aromatic nitrogens is 1. The van der Waals surface area contributed by atoms with Gasteiger partial charge in [0, 0.05) is 43.0 Å². The molecule has 1 amide bonds. The van der Waals surface area contributed by atoms with Crippen molar-refractivity contribution in [1.29, 1.82) is 0 Å². The van der Waals surface area contributed by atoms with Gasteiger partial charge in [-0.25, -0.2) is 13.6 Å². The molecule has 0 saturated carbocycles. The number of hydrogen-bond acceptors (Lipinski definition) is 6. The van der Waals surface area contributed by atoms with Crippen molar-refractivity contribution in [2.75, 3.05) is 19.0 Å². The molecule has 0 unspecified atom stereocenters. The fraction of sp³-hybridized carbons (Fsp3) is 0.194. The lowest BCUT2D eigenvalue weighted by Gasteiger charge is -2.22. The van der Waals surface area contributed by atoms with Gasteiger partial charge in [-0.15, -0.1) is 0 Å². The number of esters is 1. The largest absolute Gasteiger partial charge is 0.462 e. The third-order valence-corrected chi connectivity index (χ3v) is 7.33. The van der Waals surface area contributed by atoms with E-state index < -0.39 is 23.0 Å². The van der Waals surface area contributed by atoms with Crippen molar-refractivity contribution in [3.8, 4) is 11.5 Å². The minimum atomic E-state index is -0.847. The summed E-state index contributed by atoms with van der Waals surface area (Å²) in [5.41, 5.74) is 1.38. The van der Waals surface area contributed by atoms with Gasteiger partial charge in [0.15, 0.2) is 0 Å². The Morgan fingerprint density at radius 2 is 1.57 bits per heavy atom. The molecule has 10 heteroatoms. The number of amides is 1. The summed E-state index contributed by atoms with van der Waals surface area (Å²) in [4.78, 5) is 40.6. The van der Waals surface area contributed by atoms with Crippen molar-refractivity contribution >= 4 is 28.5 Å². The number of hydrogen-bond donors (Lipinski definition) is 1. The number of fused-ring (bicyclic) bond motifs is 1. The number of carbonyl (C=O) groups excluding carboxylic acids is 2. The number of pyridine rings is 1. The van der Waals surface area contributed by atoms with Crippen LogP contribution in [0.25, 0.3) is 10.9 Å². The summed E-state index contributed by atoms with van der Waals surface area (Å²) in [5, 5.41) is 2.87. The van der Waals surface area contributed by atoms with Gasteiger partial charge in [-0.05, 0) is 68.1 Å². The summed E-state index contributed by atoms with van der Waals surface area (Å²) in [5.74, 6) is -1.78. The van der Waals surface area contributed by atoms with Crippen LogP contribution in [0, 0.1) is 11.6 Å². The monoisotopic (exact) mass is 625 g/mol. The quantitative estimate of drug-likeness (QED) is 0.161. The number of nitrogens with zero attached hydrogens (tertiary/aromatic N) is 2. The second kappa shape index (κ2) is 14.2. The van der Waals surface area contributed by atoms with Crippen LogP contribution in [0.3, 0.4) is 0 Å².